The lowest BCUT2D eigenvalue weighted by Crippen LogP contribution is -2.51. The summed E-state index contributed by atoms with van der Waals surface area (Å²) >= 11 is 0. The maximum absolute atomic E-state index is 12.8. The standard InChI is InChI=1S/C21H32N4O3/c1-13-9-15(5-7-22-13)11-20(26)25-8-6-17(10-14(25)2)23-21(27)18-12-19(28-24-18)16-3-4-16/h12-17,22H,3-11H2,1-2H3,(H,23,27). The Balaban J connectivity index is 1.25. The van der Waals surface area contributed by atoms with Crippen molar-refractivity contribution in [3.8, 4) is 0 Å². The molecule has 2 aliphatic heterocycles. The van der Waals surface area contributed by atoms with Gasteiger partial charge >= 0.3 is 0 Å². The van der Waals surface area contributed by atoms with E-state index in [1.807, 2.05) is 4.90 Å². The molecule has 0 aromatic carbocycles. The number of amides is 2. The summed E-state index contributed by atoms with van der Waals surface area (Å²) in [6.45, 7) is 5.99. The van der Waals surface area contributed by atoms with Gasteiger partial charge in [-0.15, -0.1) is 0 Å². The van der Waals surface area contributed by atoms with E-state index in [1.165, 1.54) is 0 Å². The van der Waals surface area contributed by atoms with Gasteiger partial charge in [-0.3, -0.25) is 9.59 Å². The number of likely N-dealkylation sites (tertiary alicyclic amines) is 1. The molecule has 2 N–H and O–H groups in total. The van der Waals surface area contributed by atoms with Gasteiger partial charge in [0.2, 0.25) is 5.91 Å². The summed E-state index contributed by atoms with van der Waals surface area (Å²) in [7, 11) is 0. The second-order valence-electron chi connectivity index (χ2n) is 8.97. The fourth-order valence-corrected chi connectivity index (χ4v) is 4.67. The van der Waals surface area contributed by atoms with Gasteiger partial charge in [-0.2, -0.15) is 0 Å². The van der Waals surface area contributed by atoms with Crippen molar-refractivity contribution in [2.45, 2.75) is 82.8 Å². The van der Waals surface area contributed by atoms with Crippen LogP contribution in [0.3, 0.4) is 0 Å². The average Bonchev–Trinajstić information content (AvgIpc) is 3.38. The van der Waals surface area contributed by atoms with Crippen LogP contribution in [0, 0.1) is 5.92 Å². The van der Waals surface area contributed by atoms with Crippen LogP contribution in [0.2, 0.25) is 0 Å². The Bertz CT molecular complexity index is 714. The number of hydrogen-bond acceptors (Lipinski definition) is 5. The normalized spacial score (nSPS) is 30.9. The highest BCUT2D eigenvalue weighted by atomic mass is 16.5. The van der Waals surface area contributed by atoms with E-state index >= 15 is 0 Å². The molecule has 7 heteroatoms. The third-order valence-electron chi connectivity index (χ3n) is 6.47. The van der Waals surface area contributed by atoms with Crippen LogP contribution >= 0.6 is 0 Å². The first-order valence-corrected chi connectivity index (χ1v) is 10.8. The monoisotopic (exact) mass is 388 g/mol. The first-order valence-electron chi connectivity index (χ1n) is 10.8. The molecule has 1 saturated carbocycles. The third kappa shape index (κ3) is 4.57. The summed E-state index contributed by atoms with van der Waals surface area (Å²) in [6, 6.07) is 2.49. The summed E-state index contributed by atoms with van der Waals surface area (Å²) in [5.41, 5.74) is 0.369. The van der Waals surface area contributed by atoms with Crippen molar-refractivity contribution in [1.82, 2.24) is 20.7 Å². The topological polar surface area (TPSA) is 87.5 Å². The number of nitrogens with one attached hydrogen (secondary N) is 2. The first-order chi connectivity index (χ1) is 13.5. The lowest BCUT2D eigenvalue weighted by atomic mass is 9.89. The zero-order chi connectivity index (χ0) is 19.7. The van der Waals surface area contributed by atoms with E-state index in [9.17, 15) is 9.59 Å². The second kappa shape index (κ2) is 8.23. The Morgan fingerprint density at radius 2 is 2.07 bits per heavy atom. The lowest BCUT2D eigenvalue weighted by Gasteiger charge is -2.39. The molecule has 4 rings (SSSR count). The van der Waals surface area contributed by atoms with Crippen LogP contribution in [0.4, 0.5) is 0 Å². The summed E-state index contributed by atoms with van der Waals surface area (Å²) in [5, 5.41) is 10.4. The Morgan fingerprint density at radius 1 is 1.25 bits per heavy atom. The van der Waals surface area contributed by atoms with Gasteiger partial charge in [-0.05, 0) is 64.8 Å². The van der Waals surface area contributed by atoms with Gasteiger partial charge in [0.15, 0.2) is 5.69 Å². The van der Waals surface area contributed by atoms with Gasteiger partial charge in [-0.25, -0.2) is 0 Å². The van der Waals surface area contributed by atoms with Crippen LogP contribution in [0.1, 0.15) is 81.0 Å². The average molecular weight is 389 g/mol. The van der Waals surface area contributed by atoms with Crippen LogP contribution in [0.25, 0.3) is 0 Å². The van der Waals surface area contributed by atoms with Crippen molar-refractivity contribution in [1.29, 1.82) is 0 Å². The summed E-state index contributed by atoms with van der Waals surface area (Å²) < 4.78 is 5.28. The highest BCUT2D eigenvalue weighted by Gasteiger charge is 2.33. The Hall–Kier alpha value is -1.89. The molecule has 3 heterocycles. The van der Waals surface area contributed by atoms with Crippen LogP contribution in [-0.4, -0.2) is 53.1 Å². The van der Waals surface area contributed by atoms with Crippen LogP contribution in [0.15, 0.2) is 10.6 Å². The molecule has 1 aromatic heterocycles. The smallest absolute Gasteiger partial charge is 0.273 e. The van der Waals surface area contributed by atoms with E-state index in [1.54, 1.807) is 6.07 Å². The Morgan fingerprint density at radius 3 is 2.79 bits per heavy atom. The van der Waals surface area contributed by atoms with Crippen molar-refractivity contribution >= 4 is 11.8 Å². The van der Waals surface area contributed by atoms with E-state index < -0.39 is 0 Å². The minimum Gasteiger partial charge on any atom is -0.360 e. The molecule has 1 aromatic rings. The first kappa shape index (κ1) is 19.4. The van der Waals surface area contributed by atoms with E-state index in [0.717, 1.165) is 50.8 Å². The molecule has 4 unspecified atom stereocenters. The zero-order valence-corrected chi connectivity index (χ0v) is 16.9. The highest BCUT2D eigenvalue weighted by molar-refractivity contribution is 5.92. The zero-order valence-electron chi connectivity index (χ0n) is 16.9. The molecule has 0 bridgehead atoms. The number of hydrogen-bond donors (Lipinski definition) is 2. The van der Waals surface area contributed by atoms with Crippen LogP contribution < -0.4 is 10.6 Å². The summed E-state index contributed by atoms with van der Waals surface area (Å²) in [5.74, 6) is 1.86. The molecular formula is C21H32N4O3. The van der Waals surface area contributed by atoms with Gasteiger partial charge in [-0.1, -0.05) is 5.16 Å². The summed E-state index contributed by atoms with van der Waals surface area (Å²) in [6.07, 6.45) is 6.62. The number of carbonyl (C=O) groups is 2. The van der Waals surface area contributed by atoms with E-state index in [0.29, 0.717) is 36.5 Å². The van der Waals surface area contributed by atoms with Gasteiger partial charge in [0.05, 0.1) is 0 Å². The second-order valence-corrected chi connectivity index (χ2v) is 8.97. The van der Waals surface area contributed by atoms with Crippen molar-refractivity contribution in [2.24, 2.45) is 5.92 Å². The van der Waals surface area contributed by atoms with Gasteiger partial charge < -0.3 is 20.1 Å². The number of nitrogens with zero attached hydrogens (tertiary/aromatic N) is 2. The third-order valence-corrected chi connectivity index (χ3v) is 6.47. The minimum atomic E-state index is -0.170. The molecule has 3 fully saturated rings. The number of aromatic nitrogens is 1. The molecule has 0 radical (unpaired) electrons. The molecule has 7 nitrogen and oxygen atoms in total. The number of piperidine rings is 2. The van der Waals surface area contributed by atoms with E-state index in [-0.39, 0.29) is 23.9 Å². The van der Waals surface area contributed by atoms with E-state index in [4.69, 9.17) is 4.52 Å². The minimum absolute atomic E-state index is 0.0755. The molecule has 3 aliphatic rings. The maximum atomic E-state index is 12.8. The highest BCUT2D eigenvalue weighted by Crippen LogP contribution is 2.40. The molecule has 4 atom stereocenters. The van der Waals surface area contributed by atoms with Gasteiger partial charge in [0.25, 0.3) is 5.91 Å². The quantitative estimate of drug-likeness (QED) is 0.809. The largest absolute Gasteiger partial charge is 0.360 e. The molecule has 2 amide bonds. The SMILES string of the molecule is CC1CC(CC(=O)N2CCC(NC(=O)c3cc(C4CC4)on3)CC2C)CCN1. The Kier molecular flexibility index (Phi) is 5.71. The summed E-state index contributed by atoms with van der Waals surface area (Å²) in [4.78, 5) is 27.3. The van der Waals surface area contributed by atoms with Crippen LogP contribution in [-0.2, 0) is 4.79 Å². The number of rotatable bonds is 5. The Labute approximate surface area is 166 Å². The molecule has 0 spiro atoms. The van der Waals surface area contributed by atoms with Crippen molar-refractivity contribution in [3.63, 3.8) is 0 Å². The van der Waals surface area contributed by atoms with E-state index in [2.05, 4.69) is 29.6 Å². The molecule has 2 saturated heterocycles. The van der Waals surface area contributed by atoms with Crippen molar-refractivity contribution in [3.05, 3.63) is 17.5 Å². The molecule has 1 aliphatic carbocycles. The maximum Gasteiger partial charge on any atom is 0.273 e. The van der Waals surface area contributed by atoms with Gasteiger partial charge in [0, 0.05) is 43.1 Å². The van der Waals surface area contributed by atoms with Gasteiger partial charge in [0.1, 0.15) is 5.76 Å². The number of carbonyl (C=O) groups excluding carboxylic acids is 2. The molecule has 154 valence electrons. The fraction of sp³-hybridized carbons (Fsp3) is 0.762. The molecule has 28 heavy (non-hydrogen) atoms. The van der Waals surface area contributed by atoms with Crippen LogP contribution in [0.5, 0.6) is 0 Å². The lowest BCUT2D eigenvalue weighted by molar-refractivity contribution is -0.136. The molecular weight excluding hydrogens is 356 g/mol. The fourth-order valence-electron chi connectivity index (χ4n) is 4.67. The predicted molar refractivity (Wildman–Crippen MR) is 105 cm³/mol. The predicted octanol–water partition coefficient (Wildman–Crippen LogP) is 2.44. The van der Waals surface area contributed by atoms with Crippen molar-refractivity contribution < 1.29 is 14.1 Å². The van der Waals surface area contributed by atoms with Crippen molar-refractivity contribution in [2.75, 3.05) is 13.1 Å².